The van der Waals surface area contributed by atoms with Crippen molar-refractivity contribution in [3.05, 3.63) is 59.6 Å². The van der Waals surface area contributed by atoms with Crippen LogP contribution in [0.4, 0.5) is 11.5 Å². The Hall–Kier alpha value is -3.04. The lowest BCUT2D eigenvalue weighted by atomic mass is 9.99. The number of thiazole rings is 1. The third kappa shape index (κ3) is 4.69. The molecule has 7 nitrogen and oxygen atoms in total. The lowest BCUT2D eigenvalue weighted by Gasteiger charge is -2.30. The topological polar surface area (TPSA) is 88.1 Å². The van der Waals surface area contributed by atoms with Crippen LogP contribution in [0.15, 0.2) is 59.5 Å². The van der Waals surface area contributed by atoms with Gasteiger partial charge in [-0.15, -0.1) is 21.5 Å². The molecule has 33 heavy (non-hydrogen) atoms. The number of rotatable bonds is 5. The van der Waals surface area contributed by atoms with Gasteiger partial charge < -0.3 is 4.90 Å². The van der Waals surface area contributed by atoms with Crippen LogP contribution in [0.2, 0.25) is 0 Å². The number of benzene rings is 2. The van der Waals surface area contributed by atoms with E-state index in [1.165, 1.54) is 24.2 Å². The van der Waals surface area contributed by atoms with Crippen molar-refractivity contribution in [1.82, 2.24) is 15.2 Å². The van der Waals surface area contributed by atoms with Gasteiger partial charge in [-0.25, -0.2) is 13.4 Å². The number of fused-ring (bicyclic) bond motifs is 1. The first-order valence-electron chi connectivity index (χ1n) is 11.0. The summed E-state index contributed by atoms with van der Waals surface area (Å²) < 4.78 is 29.5. The average Bonchev–Trinajstić information content (AvgIpc) is 3.19. The molecular formula is C24H25N5O2S2. The van der Waals surface area contributed by atoms with E-state index in [-0.39, 0.29) is 4.90 Å². The summed E-state index contributed by atoms with van der Waals surface area (Å²) >= 11 is 1.48. The van der Waals surface area contributed by atoms with Crippen LogP contribution >= 0.6 is 11.3 Å². The van der Waals surface area contributed by atoms with E-state index in [1.54, 1.807) is 30.3 Å². The fourth-order valence-electron chi connectivity index (χ4n) is 4.03. The summed E-state index contributed by atoms with van der Waals surface area (Å²) in [6.07, 6.45) is 2.34. The zero-order valence-corrected chi connectivity index (χ0v) is 20.2. The Bertz CT molecular complexity index is 1390. The lowest BCUT2D eigenvalue weighted by molar-refractivity contribution is 0.436. The first kappa shape index (κ1) is 21.8. The van der Waals surface area contributed by atoms with Gasteiger partial charge in [0.1, 0.15) is 0 Å². The number of piperidine rings is 1. The number of aromatic nitrogens is 3. The zero-order valence-electron chi connectivity index (χ0n) is 18.5. The molecule has 2 aromatic carbocycles. The predicted molar refractivity (Wildman–Crippen MR) is 133 cm³/mol. The molecule has 3 heterocycles. The van der Waals surface area contributed by atoms with Crippen LogP contribution in [-0.4, -0.2) is 36.7 Å². The summed E-state index contributed by atoms with van der Waals surface area (Å²) in [6.45, 7) is 6.19. The Morgan fingerprint density at radius 1 is 1.03 bits per heavy atom. The predicted octanol–water partition coefficient (Wildman–Crippen LogP) is 5.10. The molecule has 0 amide bonds. The molecule has 1 aliphatic heterocycles. The van der Waals surface area contributed by atoms with Crippen molar-refractivity contribution < 1.29 is 8.42 Å². The maximum Gasteiger partial charge on any atom is 0.261 e. The van der Waals surface area contributed by atoms with Crippen molar-refractivity contribution in [1.29, 1.82) is 0 Å². The van der Waals surface area contributed by atoms with Crippen LogP contribution < -0.4 is 9.62 Å². The molecule has 0 saturated carbocycles. The Morgan fingerprint density at radius 3 is 2.61 bits per heavy atom. The minimum absolute atomic E-state index is 0.212. The number of hydrogen-bond acceptors (Lipinski definition) is 7. The number of nitrogens with zero attached hydrogens (tertiary/aromatic N) is 4. The summed E-state index contributed by atoms with van der Waals surface area (Å²) in [5.74, 6) is 1.64. The second-order valence-corrected chi connectivity index (χ2v) is 11.4. The Labute approximate surface area is 197 Å². The number of nitrogens with one attached hydrogen (secondary N) is 1. The Kier molecular flexibility index (Phi) is 5.76. The summed E-state index contributed by atoms with van der Waals surface area (Å²) in [7, 11) is -3.73. The van der Waals surface area contributed by atoms with E-state index in [2.05, 4.69) is 31.7 Å². The van der Waals surface area contributed by atoms with Gasteiger partial charge in [-0.3, -0.25) is 4.72 Å². The molecule has 0 aliphatic carbocycles. The quantitative estimate of drug-likeness (QED) is 0.428. The second-order valence-electron chi connectivity index (χ2n) is 8.50. The van der Waals surface area contributed by atoms with Crippen LogP contribution in [-0.2, 0) is 10.0 Å². The van der Waals surface area contributed by atoms with Crippen LogP contribution in [0.5, 0.6) is 0 Å². The van der Waals surface area contributed by atoms with E-state index in [4.69, 9.17) is 0 Å². The molecule has 1 aliphatic rings. The minimum atomic E-state index is -3.73. The van der Waals surface area contributed by atoms with Crippen molar-refractivity contribution in [3.63, 3.8) is 0 Å². The van der Waals surface area contributed by atoms with Crippen molar-refractivity contribution >= 4 is 43.1 Å². The number of sulfonamides is 1. The highest BCUT2D eigenvalue weighted by molar-refractivity contribution is 7.92. The van der Waals surface area contributed by atoms with Gasteiger partial charge in [0.25, 0.3) is 10.0 Å². The monoisotopic (exact) mass is 479 g/mol. The Morgan fingerprint density at radius 2 is 1.85 bits per heavy atom. The van der Waals surface area contributed by atoms with Crippen LogP contribution in [0.3, 0.4) is 0 Å². The molecule has 0 radical (unpaired) electrons. The summed E-state index contributed by atoms with van der Waals surface area (Å²) in [4.78, 5) is 6.87. The zero-order chi connectivity index (χ0) is 23.0. The van der Waals surface area contributed by atoms with Crippen LogP contribution in [0.1, 0.15) is 24.8 Å². The summed E-state index contributed by atoms with van der Waals surface area (Å²) in [5.41, 5.74) is 2.78. The molecule has 0 spiro atoms. The molecule has 2 aromatic heterocycles. The van der Waals surface area contributed by atoms with Gasteiger partial charge >= 0.3 is 0 Å². The molecule has 4 aromatic rings. The highest BCUT2D eigenvalue weighted by atomic mass is 32.2. The van der Waals surface area contributed by atoms with E-state index >= 15 is 0 Å². The van der Waals surface area contributed by atoms with Crippen LogP contribution in [0, 0.1) is 12.8 Å². The first-order chi connectivity index (χ1) is 15.9. The molecule has 1 saturated heterocycles. The smallest absolute Gasteiger partial charge is 0.261 e. The van der Waals surface area contributed by atoms with Gasteiger partial charge in [-0.05, 0) is 68.1 Å². The molecule has 5 rings (SSSR count). The molecular weight excluding hydrogens is 454 g/mol. The third-order valence-electron chi connectivity index (χ3n) is 5.95. The largest absolute Gasteiger partial charge is 0.355 e. The van der Waals surface area contributed by atoms with E-state index in [0.29, 0.717) is 11.4 Å². The van der Waals surface area contributed by atoms with Gasteiger partial charge in [0.15, 0.2) is 5.82 Å². The maximum atomic E-state index is 13.0. The molecule has 170 valence electrons. The molecule has 9 heteroatoms. The van der Waals surface area contributed by atoms with E-state index in [0.717, 1.165) is 45.6 Å². The second kappa shape index (κ2) is 8.72. The van der Waals surface area contributed by atoms with Gasteiger partial charge in [0, 0.05) is 24.3 Å². The lowest BCUT2D eigenvalue weighted by Crippen LogP contribution is -2.33. The van der Waals surface area contributed by atoms with E-state index in [9.17, 15) is 8.42 Å². The molecule has 1 fully saturated rings. The van der Waals surface area contributed by atoms with Gasteiger partial charge in [-0.1, -0.05) is 19.1 Å². The normalized spacial score (nSPS) is 15.2. The maximum absolute atomic E-state index is 13.0. The number of hydrogen-bond donors (Lipinski definition) is 1. The van der Waals surface area contributed by atoms with Gasteiger partial charge in [0.05, 0.1) is 25.8 Å². The summed E-state index contributed by atoms with van der Waals surface area (Å²) in [5, 5.41) is 9.72. The van der Waals surface area contributed by atoms with Crippen molar-refractivity contribution in [2.24, 2.45) is 5.92 Å². The molecule has 0 unspecified atom stereocenters. The van der Waals surface area contributed by atoms with Crippen molar-refractivity contribution in [2.75, 3.05) is 22.7 Å². The van der Waals surface area contributed by atoms with E-state index < -0.39 is 10.0 Å². The molecule has 0 atom stereocenters. The molecule has 1 N–H and O–H groups in total. The van der Waals surface area contributed by atoms with Gasteiger partial charge in [-0.2, -0.15) is 0 Å². The highest BCUT2D eigenvalue weighted by Crippen LogP contribution is 2.28. The average molecular weight is 480 g/mol. The number of aryl methyl sites for hydroxylation is 1. The molecule has 0 bridgehead atoms. The standard InChI is InChI=1S/C24H25N5O2S2/c1-16-10-12-29(13-11-16)24-9-8-21(26-27-24)18-4-3-5-19(14-18)28-33(30,31)20-6-7-22-23(15-20)32-17(2)25-22/h3-9,14-16,28H,10-13H2,1-2H3. The Balaban J connectivity index is 1.35. The fourth-order valence-corrected chi connectivity index (χ4v) is 6.05. The first-order valence-corrected chi connectivity index (χ1v) is 13.3. The summed E-state index contributed by atoms with van der Waals surface area (Å²) in [6, 6.07) is 16.1. The van der Waals surface area contributed by atoms with Gasteiger partial charge in [0.2, 0.25) is 0 Å². The van der Waals surface area contributed by atoms with Crippen molar-refractivity contribution in [2.45, 2.75) is 31.6 Å². The third-order valence-corrected chi connectivity index (χ3v) is 8.26. The fraction of sp³-hybridized carbons (Fsp3) is 0.292. The minimum Gasteiger partial charge on any atom is -0.355 e. The van der Waals surface area contributed by atoms with Crippen molar-refractivity contribution in [3.8, 4) is 11.3 Å². The SMILES string of the molecule is Cc1nc2ccc(S(=O)(=O)Nc3cccc(-c4ccc(N5CCC(C)CC5)nn4)c3)cc2s1. The highest BCUT2D eigenvalue weighted by Gasteiger charge is 2.18. The van der Waals surface area contributed by atoms with Crippen LogP contribution in [0.25, 0.3) is 21.5 Å². The number of anilines is 2. The van der Waals surface area contributed by atoms with E-state index in [1.807, 2.05) is 31.2 Å².